The summed E-state index contributed by atoms with van der Waals surface area (Å²) in [5.41, 5.74) is 3.02. The molecule has 0 aliphatic carbocycles. The van der Waals surface area contributed by atoms with Crippen molar-refractivity contribution in [3.63, 3.8) is 0 Å². The Labute approximate surface area is 124 Å². The van der Waals surface area contributed by atoms with Crippen LogP contribution in [0.5, 0.6) is 5.75 Å². The first-order valence-corrected chi connectivity index (χ1v) is 7.07. The lowest BCUT2D eigenvalue weighted by molar-refractivity contribution is 0.299. The minimum absolute atomic E-state index is 0.363. The summed E-state index contributed by atoms with van der Waals surface area (Å²) in [7, 11) is 0. The molecule has 0 fully saturated rings. The average molecular weight is 291 g/mol. The number of aryl methyl sites for hydroxylation is 2. The fourth-order valence-corrected chi connectivity index (χ4v) is 2.03. The Bertz CT molecular complexity index is 599. The molecule has 1 aromatic heterocycles. The second-order valence-corrected chi connectivity index (χ2v) is 5.12. The minimum atomic E-state index is 0.363. The van der Waals surface area contributed by atoms with E-state index in [2.05, 4.69) is 22.4 Å². The van der Waals surface area contributed by atoms with E-state index in [1.54, 1.807) is 0 Å². The topological polar surface area (TPSA) is 34.1 Å². The molecule has 3 nitrogen and oxygen atoms in total. The monoisotopic (exact) mass is 290 g/mol. The van der Waals surface area contributed by atoms with Gasteiger partial charge in [-0.1, -0.05) is 23.7 Å². The van der Waals surface area contributed by atoms with Crippen LogP contribution in [-0.4, -0.2) is 11.5 Å². The van der Waals surface area contributed by atoms with Crippen LogP contribution in [0.3, 0.4) is 0 Å². The van der Waals surface area contributed by atoms with Crippen LogP contribution in [0.1, 0.15) is 23.7 Å². The molecular formula is C16H19ClN2O. The zero-order valence-electron chi connectivity index (χ0n) is 12.0. The summed E-state index contributed by atoms with van der Waals surface area (Å²) < 4.78 is 5.84. The van der Waals surface area contributed by atoms with Gasteiger partial charge in [-0.05, 0) is 50.1 Å². The van der Waals surface area contributed by atoms with E-state index in [0.717, 1.165) is 29.4 Å². The van der Waals surface area contributed by atoms with Crippen molar-refractivity contribution in [3.8, 4) is 5.75 Å². The predicted octanol–water partition coefficient (Wildman–Crippen LogP) is 4.36. The Morgan fingerprint density at radius 2 is 2.00 bits per heavy atom. The third-order valence-electron chi connectivity index (χ3n) is 2.98. The maximum atomic E-state index is 6.16. The molecule has 2 rings (SSSR count). The molecule has 0 unspecified atom stereocenters. The van der Waals surface area contributed by atoms with E-state index in [4.69, 9.17) is 16.3 Å². The van der Waals surface area contributed by atoms with Crippen LogP contribution in [0.25, 0.3) is 0 Å². The number of halogens is 1. The van der Waals surface area contributed by atoms with Gasteiger partial charge in [-0.2, -0.15) is 0 Å². The van der Waals surface area contributed by atoms with Gasteiger partial charge in [-0.25, -0.2) is 4.98 Å². The standard InChI is InChI=1S/C16H19ClN2O/c1-4-18-16-8-7-13(17)14(19-16)10-20-15-9-11(2)5-6-12(15)3/h5-9H,4,10H2,1-3H3,(H,18,19). The number of pyridine rings is 1. The number of benzene rings is 1. The number of hydrogen-bond acceptors (Lipinski definition) is 3. The van der Waals surface area contributed by atoms with Crippen molar-refractivity contribution in [1.82, 2.24) is 4.98 Å². The van der Waals surface area contributed by atoms with Gasteiger partial charge in [0.2, 0.25) is 0 Å². The molecule has 4 heteroatoms. The van der Waals surface area contributed by atoms with Gasteiger partial charge in [0, 0.05) is 6.54 Å². The Morgan fingerprint density at radius 1 is 1.20 bits per heavy atom. The van der Waals surface area contributed by atoms with Crippen LogP contribution in [0.15, 0.2) is 30.3 Å². The highest BCUT2D eigenvalue weighted by Gasteiger charge is 2.06. The van der Waals surface area contributed by atoms with Crippen LogP contribution in [0.4, 0.5) is 5.82 Å². The van der Waals surface area contributed by atoms with Gasteiger partial charge in [0.15, 0.2) is 0 Å². The normalized spacial score (nSPS) is 10.4. The lowest BCUT2D eigenvalue weighted by Gasteiger charge is -2.11. The van der Waals surface area contributed by atoms with Gasteiger partial charge in [0.05, 0.1) is 10.7 Å². The smallest absolute Gasteiger partial charge is 0.132 e. The number of rotatable bonds is 5. The van der Waals surface area contributed by atoms with Crippen molar-refractivity contribution >= 4 is 17.4 Å². The summed E-state index contributed by atoms with van der Waals surface area (Å²) in [6.45, 7) is 7.29. The predicted molar refractivity (Wildman–Crippen MR) is 83.7 cm³/mol. The zero-order chi connectivity index (χ0) is 14.5. The number of hydrogen-bond donors (Lipinski definition) is 1. The van der Waals surface area contributed by atoms with E-state index in [9.17, 15) is 0 Å². The molecule has 1 aromatic carbocycles. The lowest BCUT2D eigenvalue weighted by atomic mass is 10.1. The van der Waals surface area contributed by atoms with Crippen molar-refractivity contribution in [2.24, 2.45) is 0 Å². The first-order valence-electron chi connectivity index (χ1n) is 6.69. The van der Waals surface area contributed by atoms with Crippen LogP contribution in [0.2, 0.25) is 5.02 Å². The van der Waals surface area contributed by atoms with E-state index in [1.165, 1.54) is 5.56 Å². The molecule has 0 atom stereocenters. The number of nitrogens with zero attached hydrogens (tertiary/aromatic N) is 1. The molecule has 0 aliphatic heterocycles. The summed E-state index contributed by atoms with van der Waals surface area (Å²) in [6, 6.07) is 9.85. The van der Waals surface area contributed by atoms with Crippen molar-refractivity contribution in [2.45, 2.75) is 27.4 Å². The van der Waals surface area contributed by atoms with Gasteiger partial charge < -0.3 is 10.1 Å². The third kappa shape index (κ3) is 3.64. The number of ether oxygens (including phenoxy) is 1. The van der Waals surface area contributed by atoms with Gasteiger partial charge in [0.1, 0.15) is 18.2 Å². The number of anilines is 1. The minimum Gasteiger partial charge on any atom is -0.487 e. The summed E-state index contributed by atoms with van der Waals surface area (Å²) >= 11 is 6.16. The second kappa shape index (κ2) is 6.62. The fourth-order valence-electron chi connectivity index (χ4n) is 1.87. The van der Waals surface area contributed by atoms with Crippen LogP contribution >= 0.6 is 11.6 Å². The summed E-state index contributed by atoms with van der Waals surface area (Å²) in [6.07, 6.45) is 0. The molecule has 0 bridgehead atoms. The maximum absolute atomic E-state index is 6.16. The van der Waals surface area contributed by atoms with Crippen molar-refractivity contribution in [1.29, 1.82) is 0 Å². The summed E-state index contributed by atoms with van der Waals surface area (Å²) in [5, 5.41) is 3.79. The van der Waals surface area contributed by atoms with Crippen molar-refractivity contribution in [2.75, 3.05) is 11.9 Å². The highest BCUT2D eigenvalue weighted by molar-refractivity contribution is 6.31. The van der Waals surface area contributed by atoms with Crippen molar-refractivity contribution in [3.05, 3.63) is 52.2 Å². The SMILES string of the molecule is CCNc1ccc(Cl)c(COc2cc(C)ccc2C)n1. The molecule has 0 spiro atoms. The fraction of sp³-hybridized carbons (Fsp3) is 0.312. The average Bonchev–Trinajstić information content (AvgIpc) is 2.43. The number of aromatic nitrogens is 1. The molecule has 0 amide bonds. The van der Waals surface area contributed by atoms with Gasteiger partial charge in [-0.15, -0.1) is 0 Å². The van der Waals surface area contributed by atoms with Crippen molar-refractivity contribution < 1.29 is 4.74 Å². The molecule has 20 heavy (non-hydrogen) atoms. The number of nitrogens with one attached hydrogen (secondary N) is 1. The Balaban J connectivity index is 2.13. The van der Waals surface area contributed by atoms with Crippen LogP contribution in [-0.2, 0) is 6.61 Å². The van der Waals surface area contributed by atoms with E-state index in [-0.39, 0.29) is 0 Å². The summed E-state index contributed by atoms with van der Waals surface area (Å²) in [5.74, 6) is 1.69. The molecule has 0 saturated heterocycles. The molecule has 0 saturated carbocycles. The quantitative estimate of drug-likeness (QED) is 0.888. The highest BCUT2D eigenvalue weighted by Crippen LogP contribution is 2.22. The lowest BCUT2D eigenvalue weighted by Crippen LogP contribution is -2.05. The Morgan fingerprint density at radius 3 is 2.75 bits per heavy atom. The van der Waals surface area contributed by atoms with Crippen LogP contribution in [0, 0.1) is 13.8 Å². The molecule has 1 N–H and O–H groups in total. The first-order chi connectivity index (χ1) is 9.60. The van der Waals surface area contributed by atoms with E-state index in [1.807, 2.05) is 39.0 Å². The van der Waals surface area contributed by atoms with E-state index >= 15 is 0 Å². The molecular weight excluding hydrogens is 272 g/mol. The van der Waals surface area contributed by atoms with E-state index in [0.29, 0.717) is 11.6 Å². The molecule has 106 valence electrons. The second-order valence-electron chi connectivity index (χ2n) is 4.71. The Hall–Kier alpha value is -1.74. The zero-order valence-corrected chi connectivity index (χ0v) is 12.8. The molecule has 2 aromatic rings. The molecule has 0 radical (unpaired) electrons. The third-order valence-corrected chi connectivity index (χ3v) is 3.33. The largest absolute Gasteiger partial charge is 0.487 e. The van der Waals surface area contributed by atoms with Gasteiger partial charge in [0.25, 0.3) is 0 Å². The Kier molecular flexibility index (Phi) is 4.85. The maximum Gasteiger partial charge on any atom is 0.132 e. The molecule has 1 heterocycles. The van der Waals surface area contributed by atoms with Crippen LogP contribution < -0.4 is 10.1 Å². The van der Waals surface area contributed by atoms with Gasteiger partial charge in [-0.3, -0.25) is 0 Å². The van der Waals surface area contributed by atoms with Gasteiger partial charge >= 0.3 is 0 Å². The van der Waals surface area contributed by atoms with E-state index < -0.39 is 0 Å². The highest BCUT2D eigenvalue weighted by atomic mass is 35.5. The molecule has 0 aliphatic rings. The summed E-state index contributed by atoms with van der Waals surface area (Å²) in [4.78, 5) is 4.46. The first kappa shape index (κ1) is 14.7.